The molecule has 3 aromatic rings. The lowest BCUT2D eigenvalue weighted by molar-refractivity contribution is -0.138. The molecule has 0 spiro atoms. The van der Waals surface area contributed by atoms with Gasteiger partial charge in [-0.15, -0.1) is 0 Å². The van der Waals surface area contributed by atoms with Crippen LogP contribution in [0.25, 0.3) is 21.9 Å². The van der Waals surface area contributed by atoms with Crippen molar-refractivity contribution in [2.45, 2.75) is 19.4 Å². The topological polar surface area (TPSA) is 93.8 Å². The van der Waals surface area contributed by atoms with Crippen LogP contribution in [0.3, 0.4) is 0 Å². The van der Waals surface area contributed by atoms with Gasteiger partial charge in [-0.05, 0) is 30.7 Å². The zero-order valence-electron chi connectivity index (χ0n) is 12.3. The lowest BCUT2D eigenvalue weighted by Gasteiger charge is -2.31. The lowest BCUT2D eigenvalue weighted by atomic mass is 10.1. The largest absolute Gasteiger partial charge is 0.755 e. The number of carboxylic acids is 1. The Labute approximate surface area is 134 Å². The van der Waals surface area contributed by atoms with E-state index < -0.39 is 23.3 Å². The van der Waals surface area contributed by atoms with Crippen LogP contribution >= 0.6 is 0 Å². The first-order chi connectivity index (χ1) is 11.0. The van der Waals surface area contributed by atoms with Gasteiger partial charge in [-0.1, -0.05) is 25.1 Å². The molecule has 1 N–H and O–H groups in total. The minimum Gasteiger partial charge on any atom is -0.755 e. The van der Waals surface area contributed by atoms with Gasteiger partial charge in [0.05, 0.1) is 5.69 Å². The van der Waals surface area contributed by atoms with Crippen molar-refractivity contribution in [2.75, 3.05) is 4.31 Å². The molecule has 0 aliphatic heterocycles. The summed E-state index contributed by atoms with van der Waals surface area (Å²) in [6.07, 6.45) is 0.160. The summed E-state index contributed by atoms with van der Waals surface area (Å²) in [6, 6.07) is 11.1. The zero-order chi connectivity index (χ0) is 16.6. The van der Waals surface area contributed by atoms with Crippen LogP contribution < -0.4 is 4.31 Å². The number of benzene rings is 2. The van der Waals surface area contributed by atoms with Crippen molar-refractivity contribution in [3.63, 3.8) is 0 Å². The second kappa shape index (κ2) is 6.02. The van der Waals surface area contributed by atoms with Gasteiger partial charge >= 0.3 is 5.97 Å². The molecule has 120 valence electrons. The molecule has 6 nitrogen and oxygen atoms in total. The van der Waals surface area contributed by atoms with Crippen LogP contribution in [0.15, 0.2) is 46.9 Å². The molecule has 1 heterocycles. The van der Waals surface area contributed by atoms with Crippen molar-refractivity contribution in [3.05, 3.63) is 42.5 Å². The third-order valence-electron chi connectivity index (χ3n) is 3.73. The average Bonchev–Trinajstić information content (AvgIpc) is 2.89. The normalized spacial score (nSPS) is 14.0. The predicted octanol–water partition coefficient (Wildman–Crippen LogP) is 3.05. The fraction of sp³-hybridized carbons (Fsp3) is 0.188. The summed E-state index contributed by atoms with van der Waals surface area (Å²) in [5.41, 5.74) is 1.61. The Kier molecular flexibility index (Phi) is 4.06. The summed E-state index contributed by atoms with van der Waals surface area (Å²) in [7, 11) is 0. The Bertz CT molecular complexity index is 904. The smallest absolute Gasteiger partial charge is 0.327 e. The van der Waals surface area contributed by atoms with Crippen molar-refractivity contribution in [2.24, 2.45) is 0 Å². The van der Waals surface area contributed by atoms with Crippen molar-refractivity contribution in [1.82, 2.24) is 0 Å². The molecule has 2 atom stereocenters. The van der Waals surface area contributed by atoms with Gasteiger partial charge in [0.15, 0.2) is 0 Å². The van der Waals surface area contributed by atoms with Gasteiger partial charge in [-0.25, -0.2) is 4.79 Å². The summed E-state index contributed by atoms with van der Waals surface area (Å²) in [5.74, 6) is -1.19. The van der Waals surface area contributed by atoms with Gasteiger partial charge in [0.2, 0.25) is 0 Å². The molecule has 0 fully saturated rings. The minimum atomic E-state index is -2.70. The van der Waals surface area contributed by atoms with E-state index in [4.69, 9.17) is 4.42 Å². The van der Waals surface area contributed by atoms with E-state index in [2.05, 4.69) is 0 Å². The van der Waals surface area contributed by atoms with Crippen LogP contribution in [0, 0.1) is 0 Å². The van der Waals surface area contributed by atoms with Crippen molar-refractivity contribution < 1.29 is 23.1 Å². The maximum atomic E-state index is 11.6. The molecule has 3 rings (SSSR count). The number of para-hydroxylation sites is 1. The molecule has 2 unspecified atom stereocenters. The Balaban J connectivity index is 2.18. The van der Waals surface area contributed by atoms with Crippen LogP contribution in [-0.4, -0.2) is 25.9 Å². The maximum Gasteiger partial charge on any atom is 0.327 e. The number of hydrogen-bond donors (Lipinski definition) is 1. The predicted molar refractivity (Wildman–Crippen MR) is 86.8 cm³/mol. The van der Waals surface area contributed by atoms with E-state index in [0.717, 1.165) is 15.1 Å². The third-order valence-corrected chi connectivity index (χ3v) is 4.52. The average molecular weight is 332 g/mol. The lowest BCUT2D eigenvalue weighted by Crippen LogP contribution is -2.42. The molecule has 7 heteroatoms. The van der Waals surface area contributed by atoms with E-state index in [0.29, 0.717) is 16.9 Å². The summed E-state index contributed by atoms with van der Waals surface area (Å²) < 4.78 is 29.7. The SMILES string of the molecule is CCC(C(=O)O)N(c1ccc2oc3ccccc3c2c1)S(=O)[O-]. The van der Waals surface area contributed by atoms with Gasteiger partial charge in [0.1, 0.15) is 17.2 Å². The van der Waals surface area contributed by atoms with Crippen molar-refractivity contribution >= 4 is 44.9 Å². The quantitative estimate of drug-likeness (QED) is 0.725. The highest BCUT2D eigenvalue weighted by Crippen LogP contribution is 2.32. The fourth-order valence-corrected chi connectivity index (χ4v) is 3.39. The number of carbonyl (C=O) groups is 1. The van der Waals surface area contributed by atoms with Gasteiger partial charge in [-0.3, -0.25) is 8.51 Å². The van der Waals surface area contributed by atoms with E-state index in [1.807, 2.05) is 24.3 Å². The van der Waals surface area contributed by atoms with E-state index in [1.165, 1.54) is 0 Å². The highest BCUT2D eigenvalue weighted by molar-refractivity contribution is 7.80. The number of carboxylic acid groups (broad SMARTS) is 1. The van der Waals surface area contributed by atoms with Crippen molar-refractivity contribution in [1.29, 1.82) is 0 Å². The molecule has 1 aromatic heterocycles. The van der Waals surface area contributed by atoms with Crippen molar-refractivity contribution in [3.8, 4) is 0 Å². The molecule has 0 bridgehead atoms. The van der Waals surface area contributed by atoms with Crippen LogP contribution in [0.4, 0.5) is 5.69 Å². The Morgan fingerprint density at radius 3 is 2.61 bits per heavy atom. The number of nitrogens with zero attached hydrogens (tertiary/aromatic N) is 1. The molecule has 0 aliphatic rings. The Morgan fingerprint density at radius 1 is 1.26 bits per heavy atom. The number of furan rings is 1. The molecule has 0 radical (unpaired) electrons. The first-order valence-corrected chi connectivity index (χ1v) is 8.08. The molecule has 23 heavy (non-hydrogen) atoms. The first-order valence-electron chi connectivity index (χ1n) is 7.05. The first kappa shape index (κ1) is 15.5. The van der Waals surface area contributed by atoms with E-state index in [1.54, 1.807) is 25.1 Å². The van der Waals surface area contributed by atoms with Crippen LogP contribution in [0.5, 0.6) is 0 Å². The highest BCUT2D eigenvalue weighted by Gasteiger charge is 2.25. The fourth-order valence-electron chi connectivity index (χ4n) is 2.66. The number of hydrogen-bond acceptors (Lipinski definition) is 4. The molecular formula is C16H14NO5S-. The molecule has 0 amide bonds. The molecule has 2 aromatic carbocycles. The molecule has 0 saturated carbocycles. The van der Waals surface area contributed by atoms with Gasteiger partial charge in [-0.2, -0.15) is 0 Å². The third kappa shape index (κ3) is 2.69. The standard InChI is InChI=1S/C16H15NO5S/c1-2-13(16(18)19)17(23(20)21)10-7-8-15-12(9-10)11-5-3-4-6-14(11)22-15/h3-9,13H,2H2,1H3,(H,18,19)(H,20,21)/p-1. The van der Waals surface area contributed by atoms with E-state index in [9.17, 15) is 18.7 Å². The number of aliphatic carboxylic acids is 1. The monoisotopic (exact) mass is 332 g/mol. The van der Waals surface area contributed by atoms with Gasteiger partial charge in [0.25, 0.3) is 0 Å². The second-order valence-electron chi connectivity index (χ2n) is 5.08. The minimum absolute atomic E-state index is 0.160. The van der Waals surface area contributed by atoms with Gasteiger partial charge in [0, 0.05) is 22.0 Å². The maximum absolute atomic E-state index is 11.6. The van der Waals surface area contributed by atoms with Gasteiger partial charge < -0.3 is 14.1 Å². The Hall–Kier alpha value is -2.38. The summed E-state index contributed by atoms with van der Waals surface area (Å²) in [6.45, 7) is 1.63. The van der Waals surface area contributed by atoms with E-state index in [-0.39, 0.29) is 6.42 Å². The molecule has 0 saturated heterocycles. The number of fused-ring (bicyclic) bond motifs is 3. The number of rotatable bonds is 5. The second-order valence-corrected chi connectivity index (χ2v) is 5.91. The van der Waals surface area contributed by atoms with E-state index >= 15 is 0 Å². The zero-order valence-corrected chi connectivity index (χ0v) is 13.1. The number of anilines is 1. The summed E-state index contributed by atoms with van der Waals surface area (Å²) >= 11 is -2.70. The Morgan fingerprint density at radius 2 is 1.96 bits per heavy atom. The summed E-state index contributed by atoms with van der Waals surface area (Å²) in [5, 5.41) is 10.9. The van der Waals surface area contributed by atoms with Crippen LogP contribution in [0.1, 0.15) is 13.3 Å². The van der Waals surface area contributed by atoms with Crippen LogP contribution in [-0.2, 0) is 16.1 Å². The summed E-state index contributed by atoms with van der Waals surface area (Å²) in [4.78, 5) is 11.3. The highest BCUT2D eigenvalue weighted by atomic mass is 32.2. The molecular weight excluding hydrogens is 318 g/mol. The van der Waals surface area contributed by atoms with Crippen LogP contribution in [0.2, 0.25) is 0 Å². The molecule has 0 aliphatic carbocycles.